The van der Waals surface area contributed by atoms with Gasteiger partial charge in [0, 0.05) is 11.6 Å². The van der Waals surface area contributed by atoms with E-state index in [1.165, 1.54) is 6.07 Å². The van der Waals surface area contributed by atoms with Gasteiger partial charge in [-0.15, -0.1) is 0 Å². The number of rotatable bonds is 3. The van der Waals surface area contributed by atoms with Crippen molar-refractivity contribution in [2.45, 2.75) is 18.8 Å². The second-order valence-electron chi connectivity index (χ2n) is 5.65. The van der Waals surface area contributed by atoms with E-state index in [9.17, 15) is 19.7 Å². The monoisotopic (exact) mass is 300 g/mol. The summed E-state index contributed by atoms with van der Waals surface area (Å²) in [6, 6.07) is 6.15. The van der Waals surface area contributed by atoms with Gasteiger partial charge in [-0.25, -0.2) is 0 Å². The van der Waals surface area contributed by atoms with E-state index in [4.69, 9.17) is 4.74 Å². The van der Waals surface area contributed by atoms with Gasteiger partial charge in [-0.3, -0.25) is 24.6 Å². The molecule has 3 aliphatic heterocycles. The summed E-state index contributed by atoms with van der Waals surface area (Å²) in [6.45, 7) is -0.0682. The summed E-state index contributed by atoms with van der Waals surface area (Å²) in [5, 5.41) is 11.1. The van der Waals surface area contributed by atoms with E-state index in [2.05, 4.69) is 0 Å². The number of carbonyl (C=O) groups excluding carboxylic acids is 2. The third-order valence-corrected chi connectivity index (χ3v) is 4.52. The Labute approximate surface area is 125 Å². The van der Waals surface area contributed by atoms with Crippen molar-refractivity contribution < 1.29 is 19.2 Å². The van der Waals surface area contributed by atoms with Crippen LogP contribution < -0.4 is 0 Å². The minimum absolute atomic E-state index is 0.0682. The van der Waals surface area contributed by atoms with E-state index in [-0.39, 0.29) is 36.3 Å². The Morgan fingerprint density at radius 2 is 1.68 bits per heavy atom. The highest BCUT2D eigenvalue weighted by Gasteiger charge is 2.60. The highest BCUT2D eigenvalue weighted by molar-refractivity contribution is 6.06. The Morgan fingerprint density at radius 1 is 1.09 bits per heavy atom. The highest BCUT2D eigenvalue weighted by Crippen LogP contribution is 2.45. The number of likely N-dealkylation sites (tertiary alicyclic amines) is 1. The molecule has 2 fully saturated rings. The van der Waals surface area contributed by atoms with Gasteiger partial charge in [-0.2, -0.15) is 0 Å². The second kappa shape index (κ2) is 4.48. The summed E-state index contributed by atoms with van der Waals surface area (Å²) >= 11 is 0. The zero-order valence-electron chi connectivity index (χ0n) is 11.4. The Bertz CT molecular complexity index is 698. The Morgan fingerprint density at radius 3 is 2.27 bits per heavy atom. The molecule has 3 aliphatic rings. The minimum atomic E-state index is -0.504. The minimum Gasteiger partial charge on any atom is -0.365 e. The quantitative estimate of drug-likeness (QED) is 0.360. The number of nitro benzene ring substituents is 1. The van der Waals surface area contributed by atoms with E-state index in [0.717, 1.165) is 4.90 Å². The number of hydrogen-bond acceptors (Lipinski definition) is 5. The molecule has 0 radical (unpaired) electrons. The third-order valence-electron chi connectivity index (χ3n) is 4.52. The molecule has 112 valence electrons. The maximum Gasteiger partial charge on any atom is 0.274 e. The summed E-state index contributed by atoms with van der Waals surface area (Å²) in [6.07, 6.45) is 2.93. The van der Waals surface area contributed by atoms with E-state index in [0.29, 0.717) is 5.56 Å². The SMILES string of the molecule is O=C1[C@@H]2[C@H](C(=O)N1Cc1ccccc1[N+](=O)[O-])[C@H]1C=C[C@@H]2O1. The summed E-state index contributed by atoms with van der Waals surface area (Å²) in [4.78, 5) is 36.7. The Hall–Kier alpha value is -2.54. The first kappa shape index (κ1) is 13.1. The molecule has 4 rings (SSSR count). The van der Waals surface area contributed by atoms with Crippen molar-refractivity contribution in [2.24, 2.45) is 11.8 Å². The van der Waals surface area contributed by atoms with Crippen LogP contribution in [0.1, 0.15) is 5.56 Å². The van der Waals surface area contributed by atoms with E-state index >= 15 is 0 Å². The molecular weight excluding hydrogens is 288 g/mol. The largest absolute Gasteiger partial charge is 0.365 e. The van der Waals surface area contributed by atoms with Crippen molar-refractivity contribution >= 4 is 17.5 Å². The van der Waals surface area contributed by atoms with Gasteiger partial charge in [-0.05, 0) is 0 Å². The number of benzene rings is 1. The van der Waals surface area contributed by atoms with Gasteiger partial charge in [0.2, 0.25) is 11.8 Å². The molecule has 2 amide bonds. The molecule has 2 bridgehead atoms. The Balaban J connectivity index is 1.64. The molecular formula is C15H12N2O5. The van der Waals surface area contributed by atoms with Gasteiger partial charge in [-0.1, -0.05) is 30.4 Å². The fourth-order valence-corrected chi connectivity index (χ4v) is 3.51. The second-order valence-corrected chi connectivity index (χ2v) is 5.65. The predicted molar refractivity (Wildman–Crippen MR) is 73.4 cm³/mol. The maximum atomic E-state index is 12.5. The third kappa shape index (κ3) is 1.66. The average molecular weight is 300 g/mol. The molecule has 0 aliphatic carbocycles. The number of imide groups is 1. The van der Waals surface area contributed by atoms with Crippen LogP contribution in [0.3, 0.4) is 0 Å². The standard InChI is InChI=1S/C15H12N2O5/c18-14-12-10-5-6-11(22-10)13(12)15(19)16(14)7-8-3-1-2-4-9(8)17(20)21/h1-6,10-13H,7H2/t10-,11+,12-,13+. The predicted octanol–water partition coefficient (Wildman–Crippen LogP) is 1.03. The van der Waals surface area contributed by atoms with Crippen molar-refractivity contribution in [1.29, 1.82) is 0 Å². The number of fused-ring (bicyclic) bond motifs is 5. The van der Waals surface area contributed by atoms with E-state index in [1.54, 1.807) is 18.2 Å². The van der Waals surface area contributed by atoms with Crippen molar-refractivity contribution in [2.75, 3.05) is 0 Å². The smallest absolute Gasteiger partial charge is 0.274 e. The lowest BCUT2D eigenvalue weighted by atomic mass is 9.85. The van der Waals surface area contributed by atoms with Crippen LogP contribution in [0.5, 0.6) is 0 Å². The van der Waals surface area contributed by atoms with Crippen molar-refractivity contribution in [3.63, 3.8) is 0 Å². The van der Waals surface area contributed by atoms with Crippen LogP contribution >= 0.6 is 0 Å². The van der Waals surface area contributed by atoms with Crippen LogP contribution in [0, 0.1) is 22.0 Å². The zero-order chi connectivity index (χ0) is 15.4. The summed E-state index contributed by atoms with van der Waals surface area (Å²) in [5.74, 6) is -1.56. The summed E-state index contributed by atoms with van der Waals surface area (Å²) < 4.78 is 5.55. The molecule has 22 heavy (non-hydrogen) atoms. The molecule has 4 atom stereocenters. The van der Waals surface area contributed by atoms with Crippen LogP contribution in [0.2, 0.25) is 0 Å². The molecule has 0 aromatic heterocycles. The summed E-state index contributed by atoms with van der Waals surface area (Å²) in [7, 11) is 0. The zero-order valence-corrected chi connectivity index (χ0v) is 11.4. The molecule has 2 saturated heterocycles. The van der Waals surface area contributed by atoms with Gasteiger partial charge in [0.1, 0.15) is 0 Å². The van der Waals surface area contributed by atoms with Crippen molar-refractivity contribution in [3.05, 3.63) is 52.1 Å². The number of carbonyl (C=O) groups is 2. The first-order valence-electron chi connectivity index (χ1n) is 6.99. The van der Waals surface area contributed by atoms with Crippen LogP contribution in [-0.4, -0.2) is 33.8 Å². The lowest BCUT2D eigenvalue weighted by Gasteiger charge is -2.17. The number of para-hydroxylation sites is 1. The Kier molecular flexibility index (Phi) is 2.67. The fraction of sp³-hybridized carbons (Fsp3) is 0.333. The summed E-state index contributed by atoms with van der Waals surface area (Å²) in [5.41, 5.74) is 0.271. The molecule has 0 saturated carbocycles. The van der Waals surface area contributed by atoms with Crippen molar-refractivity contribution in [1.82, 2.24) is 4.90 Å². The average Bonchev–Trinajstić information content (AvgIpc) is 3.17. The number of ether oxygens (including phenoxy) is 1. The number of hydrogen-bond donors (Lipinski definition) is 0. The van der Waals surface area contributed by atoms with E-state index < -0.39 is 16.8 Å². The van der Waals surface area contributed by atoms with Crippen LogP contribution in [0.15, 0.2) is 36.4 Å². The van der Waals surface area contributed by atoms with Crippen molar-refractivity contribution in [3.8, 4) is 0 Å². The molecule has 7 heteroatoms. The van der Waals surface area contributed by atoms with Gasteiger partial charge < -0.3 is 4.74 Å². The van der Waals surface area contributed by atoms with Crippen LogP contribution in [0.4, 0.5) is 5.69 Å². The highest BCUT2D eigenvalue weighted by atomic mass is 16.6. The maximum absolute atomic E-state index is 12.5. The topological polar surface area (TPSA) is 89.8 Å². The molecule has 3 heterocycles. The molecule has 0 spiro atoms. The van der Waals surface area contributed by atoms with E-state index in [1.807, 2.05) is 12.2 Å². The molecule has 7 nitrogen and oxygen atoms in total. The van der Waals surface area contributed by atoms with Gasteiger partial charge in [0.25, 0.3) is 5.69 Å². The normalized spacial score (nSPS) is 31.9. The number of amides is 2. The molecule has 1 aromatic carbocycles. The molecule has 1 aromatic rings. The molecule has 0 unspecified atom stereocenters. The lowest BCUT2D eigenvalue weighted by Crippen LogP contribution is -2.34. The van der Waals surface area contributed by atoms with Crippen LogP contribution in [0.25, 0.3) is 0 Å². The lowest BCUT2D eigenvalue weighted by molar-refractivity contribution is -0.385. The van der Waals surface area contributed by atoms with Gasteiger partial charge in [0.05, 0.1) is 35.5 Å². The fourth-order valence-electron chi connectivity index (χ4n) is 3.51. The van der Waals surface area contributed by atoms with Gasteiger partial charge >= 0.3 is 0 Å². The first-order chi connectivity index (χ1) is 10.6. The number of nitrogens with zero attached hydrogens (tertiary/aromatic N) is 2. The van der Waals surface area contributed by atoms with Gasteiger partial charge in [0.15, 0.2) is 0 Å². The first-order valence-corrected chi connectivity index (χ1v) is 6.99. The molecule has 0 N–H and O–H groups in total. The number of nitro groups is 1. The van der Waals surface area contributed by atoms with Crippen LogP contribution in [-0.2, 0) is 20.9 Å².